The van der Waals surface area contributed by atoms with Crippen molar-refractivity contribution in [2.75, 3.05) is 16.9 Å². The van der Waals surface area contributed by atoms with Gasteiger partial charge in [-0.05, 0) is 30.3 Å². The van der Waals surface area contributed by atoms with Gasteiger partial charge in [0.1, 0.15) is 0 Å². The minimum atomic E-state index is -0.226. The predicted molar refractivity (Wildman–Crippen MR) is 130 cm³/mol. The van der Waals surface area contributed by atoms with Crippen LogP contribution < -0.4 is 11.2 Å². The first-order valence-electron chi connectivity index (χ1n) is 8.71. The smallest absolute Gasteiger partial charge is 0.236 e. The first-order chi connectivity index (χ1) is 14.9. The van der Waals surface area contributed by atoms with E-state index >= 15 is 0 Å². The number of thiazole rings is 1. The molecular formula is C19H13BrCl2N6OS2. The molecule has 12 heteroatoms. The fourth-order valence-electron chi connectivity index (χ4n) is 2.60. The van der Waals surface area contributed by atoms with E-state index in [1.807, 2.05) is 29.6 Å². The summed E-state index contributed by atoms with van der Waals surface area (Å²) in [5, 5.41) is 14.6. The molecule has 0 spiro atoms. The van der Waals surface area contributed by atoms with Crippen LogP contribution >= 0.6 is 62.2 Å². The third kappa shape index (κ3) is 5.21. The van der Waals surface area contributed by atoms with Crippen molar-refractivity contribution < 1.29 is 4.79 Å². The van der Waals surface area contributed by atoms with Gasteiger partial charge in [-0.2, -0.15) is 0 Å². The molecule has 0 aliphatic rings. The summed E-state index contributed by atoms with van der Waals surface area (Å²) in [5.74, 6) is 6.34. The van der Waals surface area contributed by atoms with Crippen LogP contribution in [-0.2, 0) is 4.79 Å². The number of nitrogens with zero attached hydrogens (tertiary/aromatic N) is 4. The molecule has 31 heavy (non-hydrogen) atoms. The Balaban J connectivity index is 1.38. The first kappa shape index (κ1) is 22.1. The lowest BCUT2D eigenvalue weighted by Gasteiger charge is -2.05. The number of hydrogen-bond donors (Lipinski definition) is 2. The zero-order valence-electron chi connectivity index (χ0n) is 15.6. The van der Waals surface area contributed by atoms with Crippen LogP contribution in [0.3, 0.4) is 0 Å². The zero-order chi connectivity index (χ0) is 22.0. The van der Waals surface area contributed by atoms with E-state index in [1.165, 1.54) is 16.0 Å². The van der Waals surface area contributed by atoms with Crippen LogP contribution in [-0.4, -0.2) is 31.5 Å². The van der Waals surface area contributed by atoms with E-state index in [-0.39, 0.29) is 11.7 Å². The molecule has 0 unspecified atom stereocenters. The molecular weight excluding hydrogens is 543 g/mol. The highest BCUT2D eigenvalue weighted by Crippen LogP contribution is 2.30. The zero-order valence-corrected chi connectivity index (χ0v) is 20.3. The van der Waals surface area contributed by atoms with Crippen molar-refractivity contribution >= 4 is 73.3 Å². The number of carbonyl (C=O) groups is 1. The Labute approximate surface area is 204 Å². The summed E-state index contributed by atoms with van der Waals surface area (Å²) in [6.07, 6.45) is 0. The van der Waals surface area contributed by atoms with Crippen molar-refractivity contribution in [2.24, 2.45) is 0 Å². The third-order valence-electron chi connectivity index (χ3n) is 4.06. The molecule has 0 aliphatic carbocycles. The number of carbonyl (C=O) groups excluding carboxylic acids is 1. The number of hydrogen-bond acceptors (Lipinski definition) is 7. The molecule has 0 saturated heterocycles. The molecule has 0 fully saturated rings. The van der Waals surface area contributed by atoms with Crippen LogP contribution in [0.25, 0.3) is 22.6 Å². The number of anilines is 1. The molecule has 2 aromatic carbocycles. The second-order valence-electron chi connectivity index (χ2n) is 6.18. The number of benzene rings is 2. The van der Waals surface area contributed by atoms with E-state index in [0.29, 0.717) is 31.7 Å². The van der Waals surface area contributed by atoms with Crippen LogP contribution in [0.2, 0.25) is 10.0 Å². The number of rotatable bonds is 6. The van der Waals surface area contributed by atoms with Gasteiger partial charge in [-0.15, -0.1) is 21.5 Å². The van der Waals surface area contributed by atoms with Gasteiger partial charge in [0.25, 0.3) is 0 Å². The molecule has 0 aliphatic heterocycles. The minimum absolute atomic E-state index is 0.0941. The molecule has 4 rings (SSSR count). The van der Waals surface area contributed by atoms with Crippen molar-refractivity contribution in [3.8, 4) is 22.6 Å². The van der Waals surface area contributed by atoms with Crippen molar-refractivity contribution in [3.05, 3.63) is 62.4 Å². The van der Waals surface area contributed by atoms with Gasteiger partial charge in [-0.3, -0.25) is 4.79 Å². The highest BCUT2D eigenvalue weighted by atomic mass is 79.9. The molecule has 158 valence electrons. The fourth-order valence-corrected chi connectivity index (χ4v) is 4.75. The summed E-state index contributed by atoms with van der Waals surface area (Å²) in [7, 11) is 0. The van der Waals surface area contributed by atoms with E-state index in [4.69, 9.17) is 29.0 Å². The number of nitrogens with one attached hydrogen (secondary N) is 1. The number of thioether (sulfide) groups is 1. The van der Waals surface area contributed by atoms with E-state index < -0.39 is 0 Å². The van der Waals surface area contributed by atoms with Crippen LogP contribution in [0.4, 0.5) is 5.13 Å². The Bertz CT molecular complexity index is 1240. The van der Waals surface area contributed by atoms with Crippen LogP contribution in [0, 0.1) is 0 Å². The Kier molecular flexibility index (Phi) is 6.83. The molecule has 3 N–H and O–H groups in total. The predicted octanol–water partition coefficient (Wildman–Crippen LogP) is 5.58. The molecule has 4 aromatic rings. The third-order valence-corrected chi connectivity index (χ3v) is 6.84. The van der Waals surface area contributed by atoms with E-state index in [0.717, 1.165) is 27.5 Å². The number of amides is 1. The van der Waals surface area contributed by atoms with Gasteiger partial charge < -0.3 is 11.2 Å². The van der Waals surface area contributed by atoms with Gasteiger partial charge >= 0.3 is 0 Å². The number of nitrogens with two attached hydrogens (primary N) is 1. The van der Waals surface area contributed by atoms with Crippen LogP contribution in [0.1, 0.15) is 0 Å². The number of halogens is 3. The average Bonchev–Trinajstić information content (AvgIpc) is 3.34. The van der Waals surface area contributed by atoms with Gasteiger partial charge in [0.05, 0.1) is 16.5 Å². The van der Waals surface area contributed by atoms with Crippen LogP contribution in [0.5, 0.6) is 0 Å². The summed E-state index contributed by atoms with van der Waals surface area (Å²) in [5.41, 5.74) is 2.37. The largest absolute Gasteiger partial charge is 0.335 e. The van der Waals surface area contributed by atoms with E-state index in [2.05, 4.69) is 36.4 Å². The lowest BCUT2D eigenvalue weighted by atomic mass is 10.2. The number of aromatic nitrogens is 4. The molecule has 1 amide bonds. The summed E-state index contributed by atoms with van der Waals surface area (Å²) < 4.78 is 2.29. The second kappa shape index (κ2) is 9.58. The molecule has 0 bridgehead atoms. The molecule has 0 atom stereocenters. The van der Waals surface area contributed by atoms with Gasteiger partial charge in [-0.1, -0.05) is 63.0 Å². The average molecular weight is 556 g/mol. The normalized spacial score (nSPS) is 10.9. The lowest BCUT2D eigenvalue weighted by molar-refractivity contribution is -0.113. The van der Waals surface area contributed by atoms with Crippen molar-refractivity contribution in [1.82, 2.24) is 19.9 Å². The maximum atomic E-state index is 12.4. The minimum Gasteiger partial charge on any atom is -0.335 e. The summed E-state index contributed by atoms with van der Waals surface area (Å²) in [6, 6.07) is 12.8. The Morgan fingerprint density at radius 2 is 1.97 bits per heavy atom. The van der Waals surface area contributed by atoms with E-state index in [9.17, 15) is 4.79 Å². The maximum absolute atomic E-state index is 12.4. The van der Waals surface area contributed by atoms with Gasteiger partial charge in [0.15, 0.2) is 11.0 Å². The van der Waals surface area contributed by atoms with Gasteiger partial charge in [0.2, 0.25) is 11.1 Å². The highest BCUT2D eigenvalue weighted by molar-refractivity contribution is 9.10. The summed E-state index contributed by atoms with van der Waals surface area (Å²) >= 11 is 18.1. The Morgan fingerprint density at radius 3 is 2.71 bits per heavy atom. The van der Waals surface area contributed by atoms with Crippen molar-refractivity contribution in [1.29, 1.82) is 0 Å². The monoisotopic (exact) mass is 554 g/mol. The first-order valence-corrected chi connectivity index (χ1v) is 12.1. The molecule has 0 radical (unpaired) electrons. The maximum Gasteiger partial charge on any atom is 0.236 e. The second-order valence-corrected chi connectivity index (χ2v) is 9.74. The quantitative estimate of drug-likeness (QED) is 0.238. The summed E-state index contributed by atoms with van der Waals surface area (Å²) in [6.45, 7) is 0. The fraction of sp³-hybridized carbons (Fsp3) is 0.0526. The number of nitrogen functional groups attached to an aromatic ring is 1. The Hall–Kier alpha value is -2.11. The van der Waals surface area contributed by atoms with Gasteiger partial charge in [0, 0.05) is 26.0 Å². The Morgan fingerprint density at radius 1 is 1.19 bits per heavy atom. The lowest BCUT2D eigenvalue weighted by Crippen LogP contribution is -2.16. The van der Waals surface area contributed by atoms with Crippen LogP contribution in [0.15, 0.2) is 57.5 Å². The van der Waals surface area contributed by atoms with E-state index in [1.54, 1.807) is 18.2 Å². The highest BCUT2D eigenvalue weighted by Gasteiger charge is 2.17. The molecule has 2 aromatic heterocycles. The topological polar surface area (TPSA) is 98.7 Å². The molecule has 2 heterocycles. The molecule has 0 saturated carbocycles. The standard InChI is InChI=1S/C19H13BrCl2N6OS2/c20-11-3-1-10(2-4-11)15-8-30-18(24-15)25-16(29)9-31-19-27-26-17(28(19)23)13-6-5-12(21)7-14(13)22/h1-8H,9,23H2,(H,24,25,29). The summed E-state index contributed by atoms with van der Waals surface area (Å²) in [4.78, 5) is 16.8. The SMILES string of the molecule is Nn1c(SCC(=O)Nc2nc(-c3ccc(Br)cc3)cs2)nnc1-c1ccc(Cl)cc1Cl. The molecule has 7 nitrogen and oxygen atoms in total. The van der Waals surface area contributed by atoms with Gasteiger partial charge in [-0.25, -0.2) is 9.66 Å². The van der Waals surface area contributed by atoms with Crippen molar-refractivity contribution in [3.63, 3.8) is 0 Å². The van der Waals surface area contributed by atoms with Crippen molar-refractivity contribution in [2.45, 2.75) is 5.16 Å².